The van der Waals surface area contributed by atoms with E-state index in [-0.39, 0.29) is 32.3 Å². The molecule has 0 aromatic carbocycles. The normalized spacial score (nSPS) is 13.7. The third kappa shape index (κ3) is 40.2. The first kappa shape index (κ1) is 51.0. The van der Waals surface area contributed by atoms with Crippen molar-refractivity contribution < 1.29 is 32.8 Å². The van der Waals surface area contributed by atoms with Gasteiger partial charge < -0.3 is 20.1 Å². The van der Waals surface area contributed by atoms with Crippen LogP contribution in [0.15, 0.2) is 24.3 Å². The first-order valence-corrected chi connectivity index (χ1v) is 23.3. The molecule has 0 aromatic rings. The molecule has 2 unspecified atom stereocenters. The predicted octanol–water partition coefficient (Wildman–Crippen LogP) is 12.9. The Morgan fingerprint density at radius 1 is 0.558 bits per heavy atom. The van der Waals surface area contributed by atoms with Crippen molar-refractivity contribution in [2.45, 2.75) is 213 Å². The number of ether oxygens (including phenoxy) is 2. The second kappa shape index (κ2) is 41.1. The maximum Gasteiger partial charge on any atom is 0.472 e. The molecular weight excluding hydrogens is 673 g/mol. The van der Waals surface area contributed by atoms with E-state index in [0.29, 0.717) is 13.0 Å². The molecule has 0 spiro atoms. The van der Waals surface area contributed by atoms with Gasteiger partial charge in [0.2, 0.25) is 0 Å². The van der Waals surface area contributed by atoms with E-state index in [9.17, 15) is 14.3 Å². The van der Waals surface area contributed by atoms with Crippen molar-refractivity contribution in [1.29, 1.82) is 0 Å². The maximum atomic E-state index is 12.6. The molecular formula is C43H84NO7P. The van der Waals surface area contributed by atoms with Gasteiger partial charge in [-0.3, -0.25) is 13.8 Å². The highest BCUT2D eigenvalue weighted by Gasteiger charge is 2.25. The number of rotatable bonds is 42. The van der Waals surface area contributed by atoms with Crippen LogP contribution in [0.5, 0.6) is 0 Å². The number of phosphoric acid groups is 1. The van der Waals surface area contributed by atoms with Crippen molar-refractivity contribution in [2.75, 3.05) is 33.0 Å². The van der Waals surface area contributed by atoms with Crippen LogP contribution < -0.4 is 5.73 Å². The molecule has 0 aliphatic rings. The van der Waals surface area contributed by atoms with E-state index < -0.39 is 13.9 Å². The summed E-state index contributed by atoms with van der Waals surface area (Å²) in [5.74, 6) is -0.335. The maximum absolute atomic E-state index is 12.6. The van der Waals surface area contributed by atoms with E-state index in [0.717, 1.165) is 32.1 Å². The van der Waals surface area contributed by atoms with Crippen molar-refractivity contribution in [3.05, 3.63) is 24.3 Å². The molecule has 308 valence electrons. The quantitative estimate of drug-likeness (QED) is 0.0273. The minimum absolute atomic E-state index is 0.0962. The average Bonchev–Trinajstić information content (AvgIpc) is 3.13. The molecule has 0 amide bonds. The molecule has 0 radical (unpaired) electrons. The minimum atomic E-state index is -4.28. The highest BCUT2D eigenvalue weighted by Crippen LogP contribution is 2.43. The zero-order valence-corrected chi connectivity index (χ0v) is 35.0. The van der Waals surface area contributed by atoms with Crippen molar-refractivity contribution in [3.8, 4) is 0 Å². The van der Waals surface area contributed by atoms with Gasteiger partial charge in [-0.2, -0.15) is 0 Å². The lowest BCUT2D eigenvalue weighted by molar-refractivity contribution is -0.154. The number of carbonyl (C=O) groups excluding carboxylic acids is 1. The number of unbranched alkanes of at least 4 members (excludes halogenated alkanes) is 25. The molecule has 3 N–H and O–H groups in total. The van der Waals surface area contributed by atoms with E-state index in [1.165, 1.54) is 154 Å². The van der Waals surface area contributed by atoms with Crippen LogP contribution in [0, 0.1) is 0 Å². The summed E-state index contributed by atoms with van der Waals surface area (Å²) in [6.07, 6.45) is 44.7. The Labute approximate surface area is 321 Å². The molecule has 0 aliphatic carbocycles. The molecule has 0 aliphatic heterocycles. The summed E-state index contributed by atoms with van der Waals surface area (Å²) >= 11 is 0. The summed E-state index contributed by atoms with van der Waals surface area (Å²) in [6.45, 7) is 4.91. The molecule has 2 atom stereocenters. The van der Waals surface area contributed by atoms with Crippen molar-refractivity contribution in [2.24, 2.45) is 5.73 Å². The van der Waals surface area contributed by atoms with E-state index in [1.54, 1.807) is 0 Å². The first-order valence-electron chi connectivity index (χ1n) is 21.8. The van der Waals surface area contributed by atoms with Crippen LogP contribution in [0.1, 0.15) is 206 Å². The summed E-state index contributed by atoms with van der Waals surface area (Å²) in [5.41, 5.74) is 5.37. The summed E-state index contributed by atoms with van der Waals surface area (Å²) < 4.78 is 33.4. The molecule has 0 heterocycles. The Morgan fingerprint density at radius 3 is 1.40 bits per heavy atom. The number of nitrogens with two attached hydrogens (primary N) is 1. The molecule has 0 saturated carbocycles. The first-order chi connectivity index (χ1) is 25.4. The summed E-state index contributed by atoms with van der Waals surface area (Å²) in [6, 6.07) is 0. The number of allylic oxidation sites excluding steroid dienone is 4. The summed E-state index contributed by atoms with van der Waals surface area (Å²) in [4.78, 5) is 22.5. The van der Waals surface area contributed by atoms with E-state index in [1.807, 2.05) is 0 Å². The Kier molecular flexibility index (Phi) is 40.3. The lowest BCUT2D eigenvalue weighted by atomic mass is 10.1. The average molecular weight is 758 g/mol. The molecule has 0 fully saturated rings. The molecule has 8 nitrogen and oxygen atoms in total. The van der Waals surface area contributed by atoms with Gasteiger partial charge in [0.15, 0.2) is 0 Å². The molecule has 0 rings (SSSR count). The van der Waals surface area contributed by atoms with Crippen LogP contribution in [0.25, 0.3) is 0 Å². The highest BCUT2D eigenvalue weighted by atomic mass is 31.2. The monoisotopic (exact) mass is 758 g/mol. The zero-order chi connectivity index (χ0) is 38.1. The lowest BCUT2D eigenvalue weighted by Gasteiger charge is -2.20. The van der Waals surface area contributed by atoms with Crippen LogP contribution in [0.4, 0.5) is 0 Å². The second-order valence-electron chi connectivity index (χ2n) is 14.6. The van der Waals surface area contributed by atoms with Gasteiger partial charge in [0, 0.05) is 19.6 Å². The molecule has 0 bridgehead atoms. The van der Waals surface area contributed by atoms with Gasteiger partial charge in [0.1, 0.15) is 6.10 Å². The number of carbonyl (C=O) groups is 1. The fraction of sp³-hybridized carbons (Fsp3) is 0.884. The van der Waals surface area contributed by atoms with Gasteiger partial charge in [0.25, 0.3) is 0 Å². The van der Waals surface area contributed by atoms with Crippen LogP contribution in [-0.4, -0.2) is 49.9 Å². The predicted molar refractivity (Wildman–Crippen MR) is 220 cm³/mol. The van der Waals surface area contributed by atoms with Crippen LogP contribution in [0.3, 0.4) is 0 Å². The molecule has 0 saturated heterocycles. The van der Waals surface area contributed by atoms with Crippen molar-refractivity contribution in [3.63, 3.8) is 0 Å². The Bertz CT molecular complexity index is 853. The van der Waals surface area contributed by atoms with Gasteiger partial charge in [-0.25, -0.2) is 4.57 Å². The fourth-order valence-electron chi connectivity index (χ4n) is 6.10. The summed E-state index contributed by atoms with van der Waals surface area (Å²) in [5, 5.41) is 0. The van der Waals surface area contributed by atoms with Gasteiger partial charge in [-0.05, 0) is 64.2 Å². The number of esters is 1. The van der Waals surface area contributed by atoms with Crippen LogP contribution in [-0.2, 0) is 27.9 Å². The van der Waals surface area contributed by atoms with E-state index in [2.05, 4.69) is 38.2 Å². The van der Waals surface area contributed by atoms with Crippen LogP contribution >= 0.6 is 7.82 Å². The van der Waals surface area contributed by atoms with E-state index in [4.69, 9.17) is 24.3 Å². The van der Waals surface area contributed by atoms with Gasteiger partial charge >= 0.3 is 13.8 Å². The largest absolute Gasteiger partial charge is 0.472 e. The van der Waals surface area contributed by atoms with Crippen molar-refractivity contribution >= 4 is 13.8 Å². The third-order valence-electron chi connectivity index (χ3n) is 9.34. The third-order valence-corrected chi connectivity index (χ3v) is 10.3. The minimum Gasteiger partial charge on any atom is -0.457 e. The Hall–Kier alpha value is -1.02. The van der Waals surface area contributed by atoms with E-state index >= 15 is 0 Å². The summed E-state index contributed by atoms with van der Waals surface area (Å²) in [7, 11) is -4.28. The second-order valence-corrected chi connectivity index (χ2v) is 16.0. The van der Waals surface area contributed by atoms with Gasteiger partial charge in [0.05, 0.1) is 19.8 Å². The number of hydrogen-bond donors (Lipinski definition) is 2. The SMILES string of the molecule is CCCCCCC/C=C\CCCCCCCCOCC(COP(=O)(O)OCCN)OC(=O)CCCCCCCCC/C=C\CCCCCCCCC. The van der Waals surface area contributed by atoms with Crippen LogP contribution in [0.2, 0.25) is 0 Å². The topological polar surface area (TPSA) is 117 Å². The zero-order valence-electron chi connectivity index (χ0n) is 34.1. The number of phosphoric ester groups is 1. The standard InChI is InChI=1S/C43H84NO7P/c1-3-5-7-9-11-13-15-17-19-20-21-22-24-26-28-30-32-34-36-43(45)51-42(41-50-52(46,47)49-39-37-44)40-48-38-35-33-31-29-27-25-23-18-16-14-12-10-8-6-4-2/h16,18-20,42H,3-15,17,21-41,44H2,1-2H3,(H,46,47)/b18-16-,20-19-. The smallest absolute Gasteiger partial charge is 0.457 e. The molecule has 9 heteroatoms. The lowest BCUT2D eigenvalue weighted by Crippen LogP contribution is -2.28. The molecule has 52 heavy (non-hydrogen) atoms. The Morgan fingerprint density at radius 2 is 0.962 bits per heavy atom. The highest BCUT2D eigenvalue weighted by molar-refractivity contribution is 7.47. The number of hydrogen-bond acceptors (Lipinski definition) is 7. The Balaban J connectivity index is 4.03. The molecule has 0 aromatic heterocycles. The van der Waals surface area contributed by atoms with Crippen molar-refractivity contribution in [1.82, 2.24) is 0 Å². The van der Waals surface area contributed by atoms with Gasteiger partial charge in [-0.1, -0.05) is 160 Å². The fourth-order valence-corrected chi connectivity index (χ4v) is 6.87. The van der Waals surface area contributed by atoms with Gasteiger partial charge in [-0.15, -0.1) is 0 Å².